The molecule has 0 saturated heterocycles. The lowest BCUT2D eigenvalue weighted by atomic mass is 10.2. The zero-order valence-electron chi connectivity index (χ0n) is 10.5. The molecule has 5 heteroatoms. The summed E-state index contributed by atoms with van der Waals surface area (Å²) in [5.41, 5.74) is 0.626. The lowest BCUT2D eigenvalue weighted by Gasteiger charge is -2.11. The van der Waals surface area contributed by atoms with Crippen LogP contribution in [0.25, 0.3) is 0 Å². The number of amides is 2. The standard InChI is InChI=1S/C13H17ClN2O2/c1-3-9(2)15-12(17)8-13(18)16-11-6-4-10(14)5-7-11/h4-7,9H,3,8H2,1-2H3,(H,15,17)(H,16,18). The highest BCUT2D eigenvalue weighted by Gasteiger charge is 2.11. The van der Waals surface area contributed by atoms with E-state index < -0.39 is 0 Å². The van der Waals surface area contributed by atoms with E-state index in [1.807, 2.05) is 13.8 Å². The van der Waals surface area contributed by atoms with Crippen LogP contribution >= 0.6 is 11.6 Å². The highest BCUT2D eigenvalue weighted by molar-refractivity contribution is 6.30. The number of carbonyl (C=O) groups is 2. The van der Waals surface area contributed by atoms with Gasteiger partial charge in [-0.2, -0.15) is 0 Å². The van der Waals surface area contributed by atoms with Crippen LogP contribution in [0.2, 0.25) is 5.02 Å². The summed E-state index contributed by atoms with van der Waals surface area (Å²) in [4.78, 5) is 23.0. The Bertz CT molecular complexity index is 418. The second-order valence-electron chi connectivity index (χ2n) is 4.11. The smallest absolute Gasteiger partial charge is 0.233 e. The molecule has 2 amide bonds. The number of hydrogen-bond donors (Lipinski definition) is 2. The molecule has 0 fully saturated rings. The summed E-state index contributed by atoms with van der Waals surface area (Å²) in [6.45, 7) is 3.87. The predicted molar refractivity (Wildman–Crippen MR) is 72.6 cm³/mol. The SMILES string of the molecule is CCC(C)NC(=O)CC(=O)Nc1ccc(Cl)cc1. The second-order valence-corrected chi connectivity index (χ2v) is 4.55. The van der Waals surface area contributed by atoms with Crippen LogP contribution in [0.3, 0.4) is 0 Å². The maximum absolute atomic E-state index is 11.6. The highest BCUT2D eigenvalue weighted by Crippen LogP contribution is 2.13. The van der Waals surface area contributed by atoms with Gasteiger partial charge in [0.05, 0.1) is 0 Å². The molecule has 4 nitrogen and oxygen atoms in total. The van der Waals surface area contributed by atoms with Gasteiger partial charge in [0.15, 0.2) is 0 Å². The number of halogens is 1. The third-order valence-corrected chi connectivity index (χ3v) is 2.72. The Morgan fingerprint density at radius 3 is 2.39 bits per heavy atom. The largest absolute Gasteiger partial charge is 0.353 e. The Hall–Kier alpha value is -1.55. The molecule has 0 saturated carbocycles. The van der Waals surface area contributed by atoms with E-state index in [0.29, 0.717) is 10.7 Å². The lowest BCUT2D eigenvalue weighted by molar-refractivity contribution is -0.127. The minimum atomic E-state index is -0.335. The first-order valence-corrected chi connectivity index (χ1v) is 6.24. The van der Waals surface area contributed by atoms with E-state index in [1.54, 1.807) is 24.3 Å². The van der Waals surface area contributed by atoms with Gasteiger partial charge < -0.3 is 10.6 Å². The first kappa shape index (κ1) is 14.5. The van der Waals surface area contributed by atoms with E-state index in [0.717, 1.165) is 6.42 Å². The summed E-state index contributed by atoms with van der Waals surface area (Å²) < 4.78 is 0. The zero-order valence-corrected chi connectivity index (χ0v) is 11.3. The number of anilines is 1. The average Bonchev–Trinajstić information content (AvgIpc) is 2.31. The molecule has 1 unspecified atom stereocenters. The van der Waals surface area contributed by atoms with Crippen molar-refractivity contribution in [3.63, 3.8) is 0 Å². The van der Waals surface area contributed by atoms with Crippen molar-refractivity contribution in [2.75, 3.05) is 5.32 Å². The van der Waals surface area contributed by atoms with E-state index in [1.165, 1.54) is 0 Å². The van der Waals surface area contributed by atoms with Gasteiger partial charge >= 0.3 is 0 Å². The minimum Gasteiger partial charge on any atom is -0.353 e. The van der Waals surface area contributed by atoms with Crippen molar-refractivity contribution in [2.24, 2.45) is 0 Å². The minimum absolute atomic E-state index is 0.0841. The molecule has 18 heavy (non-hydrogen) atoms. The summed E-state index contributed by atoms with van der Waals surface area (Å²) in [5.74, 6) is -0.603. The van der Waals surface area contributed by atoms with Crippen molar-refractivity contribution < 1.29 is 9.59 Å². The summed E-state index contributed by atoms with van der Waals surface area (Å²) in [5, 5.41) is 5.97. The fourth-order valence-electron chi connectivity index (χ4n) is 1.31. The van der Waals surface area contributed by atoms with Crippen molar-refractivity contribution in [3.05, 3.63) is 29.3 Å². The fraction of sp³-hybridized carbons (Fsp3) is 0.385. The van der Waals surface area contributed by atoms with Crippen LogP contribution in [-0.2, 0) is 9.59 Å². The number of hydrogen-bond acceptors (Lipinski definition) is 2. The summed E-state index contributed by atoms with van der Waals surface area (Å²) in [6, 6.07) is 6.81. The predicted octanol–water partition coefficient (Wildman–Crippen LogP) is 2.58. The van der Waals surface area contributed by atoms with E-state index in [2.05, 4.69) is 10.6 Å². The second kappa shape index (κ2) is 7.01. The number of rotatable bonds is 5. The van der Waals surface area contributed by atoms with Crippen LogP contribution in [0, 0.1) is 0 Å². The molecule has 1 rings (SSSR count). The summed E-state index contributed by atoms with van der Waals surface area (Å²) in [7, 11) is 0. The van der Waals surface area contributed by atoms with Gasteiger partial charge in [0.25, 0.3) is 0 Å². The molecule has 0 spiro atoms. The normalized spacial score (nSPS) is 11.7. The van der Waals surface area contributed by atoms with E-state index in [4.69, 9.17) is 11.6 Å². The van der Waals surface area contributed by atoms with Gasteiger partial charge in [-0.3, -0.25) is 9.59 Å². The molecule has 2 N–H and O–H groups in total. The molecule has 0 aliphatic heterocycles. The van der Waals surface area contributed by atoms with Gasteiger partial charge in [-0.25, -0.2) is 0 Å². The Balaban J connectivity index is 2.42. The molecule has 0 bridgehead atoms. The topological polar surface area (TPSA) is 58.2 Å². The maximum Gasteiger partial charge on any atom is 0.233 e. The molecule has 0 aliphatic carbocycles. The van der Waals surface area contributed by atoms with E-state index >= 15 is 0 Å². The number of benzene rings is 1. The van der Waals surface area contributed by atoms with Crippen molar-refractivity contribution in [1.82, 2.24) is 5.32 Å². The third-order valence-electron chi connectivity index (χ3n) is 2.47. The van der Waals surface area contributed by atoms with Crippen LogP contribution < -0.4 is 10.6 Å². The number of nitrogens with one attached hydrogen (secondary N) is 2. The van der Waals surface area contributed by atoms with Crippen LogP contribution in [0.4, 0.5) is 5.69 Å². The zero-order chi connectivity index (χ0) is 13.5. The van der Waals surface area contributed by atoms with Gasteiger partial charge in [-0.15, -0.1) is 0 Å². The number of carbonyl (C=O) groups excluding carboxylic acids is 2. The van der Waals surface area contributed by atoms with E-state index in [-0.39, 0.29) is 24.3 Å². The summed E-state index contributed by atoms with van der Waals surface area (Å²) >= 11 is 5.73. The Kier molecular flexibility index (Phi) is 5.65. The van der Waals surface area contributed by atoms with Crippen LogP contribution in [0.5, 0.6) is 0 Å². The molecule has 1 atom stereocenters. The third kappa shape index (κ3) is 5.19. The van der Waals surface area contributed by atoms with Gasteiger partial charge in [0, 0.05) is 16.8 Å². The molecule has 1 aromatic carbocycles. The van der Waals surface area contributed by atoms with Gasteiger partial charge in [-0.05, 0) is 37.6 Å². The molecule has 0 radical (unpaired) electrons. The quantitative estimate of drug-likeness (QED) is 0.807. The average molecular weight is 269 g/mol. The van der Waals surface area contributed by atoms with Crippen molar-refractivity contribution in [3.8, 4) is 0 Å². The molecule has 98 valence electrons. The first-order valence-electron chi connectivity index (χ1n) is 5.86. The van der Waals surface area contributed by atoms with Crippen molar-refractivity contribution in [2.45, 2.75) is 32.7 Å². The summed E-state index contributed by atoms with van der Waals surface area (Å²) in [6.07, 6.45) is 0.664. The van der Waals surface area contributed by atoms with Crippen molar-refractivity contribution >= 4 is 29.1 Å². The van der Waals surface area contributed by atoms with Gasteiger partial charge in [0.1, 0.15) is 6.42 Å². The molecule has 0 heterocycles. The van der Waals surface area contributed by atoms with Crippen LogP contribution in [0.15, 0.2) is 24.3 Å². The molecule has 0 aliphatic rings. The van der Waals surface area contributed by atoms with Gasteiger partial charge in [-0.1, -0.05) is 18.5 Å². The highest BCUT2D eigenvalue weighted by atomic mass is 35.5. The molecule has 1 aromatic rings. The Labute approximate surface area is 112 Å². The van der Waals surface area contributed by atoms with Crippen LogP contribution in [0.1, 0.15) is 26.7 Å². The maximum atomic E-state index is 11.6. The first-order chi connectivity index (χ1) is 8.51. The lowest BCUT2D eigenvalue weighted by Crippen LogP contribution is -2.34. The Morgan fingerprint density at radius 2 is 1.83 bits per heavy atom. The van der Waals surface area contributed by atoms with Crippen molar-refractivity contribution in [1.29, 1.82) is 0 Å². The molecular weight excluding hydrogens is 252 g/mol. The fourth-order valence-corrected chi connectivity index (χ4v) is 1.44. The Morgan fingerprint density at radius 1 is 1.22 bits per heavy atom. The van der Waals surface area contributed by atoms with Gasteiger partial charge in [0.2, 0.25) is 11.8 Å². The van der Waals surface area contributed by atoms with Crippen LogP contribution in [-0.4, -0.2) is 17.9 Å². The molecule has 0 aromatic heterocycles. The van der Waals surface area contributed by atoms with E-state index in [9.17, 15) is 9.59 Å². The molecular formula is C13H17ClN2O2. The monoisotopic (exact) mass is 268 g/mol.